The maximum Gasteiger partial charge on any atom is 0.151 e. The van der Waals surface area contributed by atoms with Crippen molar-refractivity contribution in [3.05, 3.63) is 11.6 Å². The number of nitrogens with zero attached hydrogens (tertiary/aromatic N) is 3. The first kappa shape index (κ1) is 11.6. The molecule has 0 aliphatic heterocycles. The van der Waals surface area contributed by atoms with Crippen molar-refractivity contribution in [2.75, 3.05) is 6.54 Å². The summed E-state index contributed by atoms with van der Waals surface area (Å²) >= 11 is 0. The van der Waals surface area contributed by atoms with E-state index in [-0.39, 0.29) is 0 Å². The Morgan fingerprint density at radius 3 is 2.81 bits per heavy atom. The lowest BCUT2D eigenvalue weighted by Gasteiger charge is -2.01. The van der Waals surface area contributed by atoms with Crippen LogP contribution in [-0.2, 0) is 19.9 Å². The van der Waals surface area contributed by atoms with Gasteiger partial charge in [-0.1, -0.05) is 13.8 Å². The van der Waals surface area contributed by atoms with Crippen molar-refractivity contribution >= 4 is 0 Å². The summed E-state index contributed by atoms with van der Waals surface area (Å²) in [5.74, 6) is 2.71. The quantitative estimate of drug-likeness (QED) is 0.789. The van der Waals surface area contributed by atoms with Gasteiger partial charge in [-0.15, -0.1) is 0 Å². The predicted molar refractivity (Wildman–Crippen MR) is 64.3 cm³/mol. The molecule has 0 unspecified atom stereocenters. The smallest absolute Gasteiger partial charge is 0.151 e. The topological polar surface area (TPSA) is 42.7 Å². The Bertz CT molecular complexity index is 339. The summed E-state index contributed by atoms with van der Waals surface area (Å²) in [6.07, 6.45) is 4.65. The van der Waals surface area contributed by atoms with Crippen molar-refractivity contribution in [3.8, 4) is 0 Å². The number of hydrogen-bond donors (Lipinski definition) is 1. The molecule has 4 heteroatoms. The summed E-state index contributed by atoms with van der Waals surface area (Å²) in [5.41, 5.74) is 0. The average Bonchev–Trinajstić information content (AvgIpc) is 2.93. The normalized spacial score (nSPS) is 16.0. The van der Waals surface area contributed by atoms with E-state index in [1.807, 2.05) is 11.7 Å². The fourth-order valence-corrected chi connectivity index (χ4v) is 1.82. The first-order chi connectivity index (χ1) is 7.65. The van der Waals surface area contributed by atoms with Crippen LogP contribution in [0, 0.1) is 5.92 Å². The van der Waals surface area contributed by atoms with E-state index >= 15 is 0 Å². The molecule has 0 bridgehead atoms. The van der Waals surface area contributed by atoms with Crippen molar-refractivity contribution < 1.29 is 0 Å². The fourth-order valence-electron chi connectivity index (χ4n) is 1.82. The third-order valence-electron chi connectivity index (χ3n) is 2.85. The Kier molecular flexibility index (Phi) is 3.59. The first-order valence-corrected chi connectivity index (χ1v) is 6.27. The number of aryl methyl sites for hydroxylation is 1. The number of rotatable bonds is 6. The van der Waals surface area contributed by atoms with Crippen molar-refractivity contribution in [2.45, 2.75) is 45.6 Å². The maximum atomic E-state index is 4.58. The summed E-state index contributed by atoms with van der Waals surface area (Å²) in [4.78, 5) is 4.58. The van der Waals surface area contributed by atoms with E-state index in [1.165, 1.54) is 12.8 Å². The molecule has 0 spiro atoms. The molecular weight excluding hydrogens is 200 g/mol. The fraction of sp³-hybridized carbons (Fsp3) is 0.833. The Hall–Kier alpha value is -0.900. The van der Waals surface area contributed by atoms with E-state index in [1.54, 1.807) is 0 Å². The van der Waals surface area contributed by atoms with Crippen LogP contribution < -0.4 is 5.32 Å². The second-order valence-electron chi connectivity index (χ2n) is 5.14. The second-order valence-corrected chi connectivity index (χ2v) is 5.14. The zero-order chi connectivity index (χ0) is 11.5. The highest BCUT2D eigenvalue weighted by Crippen LogP contribution is 2.18. The summed E-state index contributed by atoms with van der Waals surface area (Å²) in [5, 5.41) is 7.94. The molecule has 1 saturated carbocycles. The third kappa shape index (κ3) is 3.30. The molecule has 0 aromatic carbocycles. The molecule has 1 aliphatic rings. The molecular formula is C12H22N4. The van der Waals surface area contributed by atoms with Gasteiger partial charge in [-0.2, -0.15) is 5.10 Å². The van der Waals surface area contributed by atoms with Gasteiger partial charge in [0.05, 0.1) is 0 Å². The Morgan fingerprint density at radius 1 is 1.44 bits per heavy atom. The van der Waals surface area contributed by atoms with E-state index in [0.717, 1.165) is 37.1 Å². The molecule has 1 aromatic rings. The molecule has 16 heavy (non-hydrogen) atoms. The maximum absolute atomic E-state index is 4.58. The molecule has 1 heterocycles. The van der Waals surface area contributed by atoms with Gasteiger partial charge in [-0.05, 0) is 18.8 Å². The van der Waals surface area contributed by atoms with Gasteiger partial charge in [0.1, 0.15) is 5.82 Å². The first-order valence-electron chi connectivity index (χ1n) is 6.27. The largest absolute Gasteiger partial charge is 0.314 e. The summed E-state index contributed by atoms with van der Waals surface area (Å²) in [6, 6.07) is 0.781. The third-order valence-corrected chi connectivity index (χ3v) is 2.85. The SMILES string of the molecule is CC(C)Cc1nc(CCNC2CC2)n(C)n1. The number of nitrogens with one attached hydrogen (secondary N) is 1. The van der Waals surface area contributed by atoms with Gasteiger partial charge in [-0.3, -0.25) is 4.68 Å². The zero-order valence-electron chi connectivity index (χ0n) is 10.5. The highest BCUT2D eigenvalue weighted by molar-refractivity contribution is 4.95. The molecule has 0 amide bonds. The Labute approximate surface area is 97.5 Å². The highest BCUT2D eigenvalue weighted by atomic mass is 15.3. The molecule has 1 aromatic heterocycles. The van der Waals surface area contributed by atoms with Crippen LogP contribution >= 0.6 is 0 Å². The Morgan fingerprint density at radius 2 is 2.19 bits per heavy atom. The molecule has 0 saturated heterocycles. The molecule has 0 atom stereocenters. The minimum atomic E-state index is 0.625. The minimum absolute atomic E-state index is 0.625. The predicted octanol–water partition coefficient (Wildman–Crippen LogP) is 1.31. The lowest BCUT2D eigenvalue weighted by molar-refractivity contribution is 0.609. The lowest BCUT2D eigenvalue weighted by atomic mass is 10.1. The van der Waals surface area contributed by atoms with E-state index < -0.39 is 0 Å². The minimum Gasteiger partial charge on any atom is -0.314 e. The average molecular weight is 222 g/mol. The van der Waals surface area contributed by atoms with Crippen molar-refractivity contribution in [1.82, 2.24) is 20.1 Å². The van der Waals surface area contributed by atoms with E-state index in [4.69, 9.17) is 0 Å². The molecule has 1 N–H and O–H groups in total. The van der Waals surface area contributed by atoms with Crippen molar-refractivity contribution in [3.63, 3.8) is 0 Å². The Balaban J connectivity index is 1.84. The van der Waals surface area contributed by atoms with Crippen LogP contribution in [0.25, 0.3) is 0 Å². The zero-order valence-corrected chi connectivity index (χ0v) is 10.5. The van der Waals surface area contributed by atoms with Gasteiger partial charge in [-0.25, -0.2) is 4.98 Å². The second kappa shape index (κ2) is 4.95. The van der Waals surface area contributed by atoms with Gasteiger partial charge in [0.15, 0.2) is 5.82 Å². The van der Waals surface area contributed by atoms with Gasteiger partial charge < -0.3 is 5.32 Å². The van der Waals surface area contributed by atoms with E-state index in [0.29, 0.717) is 5.92 Å². The summed E-state index contributed by atoms with van der Waals surface area (Å²) < 4.78 is 1.92. The van der Waals surface area contributed by atoms with E-state index in [9.17, 15) is 0 Å². The highest BCUT2D eigenvalue weighted by Gasteiger charge is 2.20. The van der Waals surface area contributed by atoms with Crippen LogP contribution in [0.4, 0.5) is 0 Å². The monoisotopic (exact) mass is 222 g/mol. The lowest BCUT2D eigenvalue weighted by Crippen LogP contribution is -2.20. The van der Waals surface area contributed by atoms with Crippen LogP contribution in [0.2, 0.25) is 0 Å². The molecule has 1 aliphatic carbocycles. The van der Waals surface area contributed by atoms with Gasteiger partial charge in [0.25, 0.3) is 0 Å². The molecule has 1 fully saturated rings. The number of hydrogen-bond acceptors (Lipinski definition) is 3. The molecule has 2 rings (SSSR count). The van der Waals surface area contributed by atoms with E-state index in [2.05, 4.69) is 29.2 Å². The van der Waals surface area contributed by atoms with Crippen LogP contribution in [0.15, 0.2) is 0 Å². The van der Waals surface area contributed by atoms with Crippen LogP contribution in [0.1, 0.15) is 38.3 Å². The van der Waals surface area contributed by atoms with Crippen LogP contribution in [-0.4, -0.2) is 27.4 Å². The van der Waals surface area contributed by atoms with Gasteiger partial charge in [0, 0.05) is 32.5 Å². The molecule has 90 valence electrons. The molecule has 0 radical (unpaired) electrons. The van der Waals surface area contributed by atoms with Crippen molar-refractivity contribution in [1.29, 1.82) is 0 Å². The van der Waals surface area contributed by atoms with Crippen LogP contribution in [0.3, 0.4) is 0 Å². The number of aromatic nitrogens is 3. The molecule has 4 nitrogen and oxygen atoms in total. The van der Waals surface area contributed by atoms with Gasteiger partial charge >= 0.3 is 0 Å². The standard InChI is InChI=1S/C12H22N4/c1-9(2)8-11-14-12(16(3)15-11)6-7-13-10-4-5-10/h9-10,13H,4-8H2,1-3H3. The summed E-state index contributed by atoms with van der Waals surface area (Å²) in [6.45, 7) is 5.42. The van der Waals surface area contributed by atoms with Crippen molar-refractivity contribution in [2.24, 2.45) is 13.0 Å². The van der Waals surface area contributed by atoms with Gasteiger partial charge in [0.2, 0.25) is 0 Å². The van der Waals surface area contributed by atoms with Crippen LogP contribution in [0.5, 0.6) is 0 Å². The summed E-state index contributed by atoms with van der Waals surface area (Å²) in [7, 11) is 1.99.